The Balaban J connectivity index is 1.70. The molecule has 0 saturated heterocycles. The number of nitrogens with zero attached hydrogens (tertiary/aromatic N) is 3. The Bertz CT molecular complexity index is 1020. The van der Waals surface area contributed by atoms with Crippen LogP contribution in [0.1, 0.15) is 17.3 Å². The average Bonchev–Trinajstić information content (AvgIpc) is 3.15. The number of nitrogens with one attached hydrogen (secondary N) is 1. The number of para-hydroxylation sites is 1. The van der Waals surface area contributed by atoms with Gasteiger partial charge in [0.2, 0.25) is 5.91 Å². The minimum Gasteiger partial charge on any atom is -0.508 e. The van der Waals surface area contributed by atoms with Crippen molar-refractivity contribution in [2.45, 2.75) is 18.6 Å². The molecule has 0 aliphatic rings. The second-order valence-corrected chi connectivity index (χ2v) is 6.91. The number of hydrogen-bond donors (Lipinski definition) is 2. The number of thioether (sulfide) groups is 1. The number of amides is 1. The molecule has 29 heavy (non-hydrogen) atoms. The number of hydrogen-bond acceptors (Lipinski definition) is 7. The van der Waals surface area contributed by atoms with E-state index in [0.717, 1.165) is 5.56 Å². The van der Waals surface area contributed by atoms with Crippen molar-refractivity contribution in [3.63, 3.8) is 0 Å². The van der Waals surface area contributed by atoms with E-state index < -0.39 is 5.97 Å². The predicted octanol–water partition coefficient (Wildman–Crippen LogP) is 3.19. The molecule has 0 unspecified atom stereocenters. The van der Waals surface area contributed by atoms with E-state index in [9.17, 15) is 14.7 Å². The molecular weight excluding hydrogens is 392 g/mol. The van der Waals surface area contributed by atoms with Crippen LogP contribution in [0.3, 0.4) is 0 Å². The van der Waals surface area contributed by atoms with E-state index in [2.05, 4.69) is 15.5 Å². The second-order valence-electron chi connectivity index (χ2n) is 5.97. The van der Waals surface area contributed by atoms with Gasteiger partial charge in [0, 0.05) is 12.1 Å². The zero-order valence-electron chi connectivity index (χ0n) is 16.0. The van der Waals surface area contributed by atoms with Gasteiger partial charge in [-0.25, -0.2) is 4.79 Å². The van der Waals surface area contributed by atoms with Crippen LogP contribution in [0.15, 0.2) is 53.7 Å². The molecule has 150 valence electrons. The van der Waals surface area contributed by atoms with Gasteiger partial charge in [0.05, 0.1) is 24.1 Å². The third-order valence-electron chi connectivity index (χ3n) is 4.10. The van der Waals surface area contributed by atoms with Crippen LogP contribution in [0.4, 0.5) is 5.69 Å². The number of benzene rings is 2. The lowest BCUT2D eigenvalue weighted by Crippen LogP contribution is -2.17. The molecule has 0 spiro atoms. The summed E-state index contributed by atoms with van der Waals surface area (Å²) in [7, 11) is 1.29. The van der Waals surface area contributed by atoms with Crippen LogP contribution in [0.2, 0.25) is 0 Å². The fraction of sp³-hybridized carbons (Fsp3) is 0.200. The van der Waals surface area contributed by atoms with Crippen LogP contribution in [-0.4, -0.2) is 44.6 Å². The van der Waals surface area contributed by atoms with Crippen molar-refractivity contribution in [3.05, 3.63) is 54.1 Å². The van der Waals surface area contributed by atoms with Gasteiger partial charge in [-0.1, -0.05) is 23.9 Å². The number of phenolic OH excluding ortho intramolecular Hbond substituents is 1. The molecule has 0 saturated carbocycles. The number of phenols is 1. The second kappa shape index (κ2) is 9.24. The largest absolute Gasteiger partial charge is 0.508 e. The summed E-state index contributed by atoms with van der Waals surface area (Å²) in [5, 5.41) is 21.2. The van der Waals surface area contributed by atoms with Gasteiger partial charge in [0.1, 0.15) is 5.75 Å². The molecule has 0 aliphatic carbocycles. The summed E-state index contributed by atoms with van der Waals surface area (Å²) in [4.78, 5) is 24.2. The maximum absolute atomic E-state index is 12.4. The topological polar surface area (TPSA) is 106 Å². The van der Waals surface area contributed by atoms with Crippen LogP contribution in [0.25, 0.3) is 11.4 Å². The number of rotatable bonds is 7. The molecule has 8 nitrogen and oxygen atoms in total. The lowest BCUT2D eigenvalue weighted by atomic mass is 10.2. The third kappa shape index (κ3) is 4.75. The first-order valence-electron chi connectivity index (χ1n) is 8.86. The van der Waals surface area contributed by atoms with E-state index in [0.29, 0.717) is 28.8 Å². The maximum atomic E-state index is 12.4. The molecule has 3 aromatic rings. The van der Waals surface area contributed by atoms with Gasteiger partial charge in [-0.2, -0.15) is 0 Å². The van der Waals surface area contributed by atoms with Gasteiger partial charge in [0.25, 0.3) is 0 Å². The molecule has 1 amide bonds. The van der Waals surface area contributed by atoms with Crippen LogP contribution in [0, 0.1) is 0 Å². The molecule has 0 bridgehead atoms. The number of esters is 1. The highest BCUT2D eigenvalue weighted by atomic mass is 32.2. The van der Waals surface area contributed by atoms with Crippen molar-refractivity contribution in [1.82, 2.24) is 14.8 Å². The van der Waals surface area contributed by atoms with Gasteiger partial charge in [-0.05, 0) is 43.3 Å². The summed E-state index contributed by atoms with van der Waals surface area (Å²) in [6.07, 6.45) is 0. The highest BCUT2D eigenvalue weighted by Gasteiger charge is 2.16. The zero-order valence-corrected chi connectivity index (χ0v) is 16.8. The predicted molar refractivity (Wildman–Crippen MR) is 110 cm³/mol. The Labute approximate surface area is 171 Å². The van der Waals surface area contributed by atoms with Gasteiger partial charge in [-0.3, -0.25) is 4.79 Å². The van der Waals surface area contributed by atoms with E-state index >= 15 is 0 Å². The van der Waals surface area contributed by atoms with E-state index in [1.165, 1.54) is 18.9 Å². The van der Waals surface area contributed by atoms with Crippen molar-refractivity contribution < 1.29 is 19.4 Å². The Hall–Kier alpha value is -3.33. The van der Waals surface area contributed by atoms with E-state index in [-0.39, 0.29) is 17.4 Å². The van der Waals surface area contributed by atoms with Gasteiger partial charge >= 0.3 is 5.97 Å². The first kappa shape index (κ1) is 20.4. The van der Waals surface area contributed by atoms with Gasteiger partial charge in [0.15, 0.2) is 11.0 Å². The molecule has 1 heterocycles. The lowest BCUT2D eigenvalue weighted by molar-refractivity contribution is -0.113. The summed E-state index contributed by atoms with van der Waals surface area (Å²) in [5.41, 5.74) is 1.51. The fourth-order valence-electron chi connectivity index (χ4n) is 2.70. The number of anilines is 1. The summed E-state index contributed by atoms with van der Waals surface area (Å²) < 4.78 is 6.63. The number of carbonyl (C=O) groups is 2. The quantitative estimate of drug-likeness (QED) is 0.453. The molecule has 0 atom stereocenters. The molecule has 9 heteroatoms. The van der Waals surface area contributed by atoms with Crippen molar-refractivity contribution in [2.24, 2.45) is 0 Å². The molecule has 2 aromatic carbocycles. The van der Waals surface area contributed by atoms with Crippen molar-refractivity contribution in [3.8, 4) is 17.1 Å². The number of ether oxygens (including phenoxy) is 1. The number of aromatic nitrogens is 3. The van der Waals surface area contributed by atoms with E-state index in [1.807, 2.05) is 11.5 Å². The molecule has 3 rings (SSSR count). The highest BCUT2D eigenvalue weighted by Crippen LogP contribution is 2.25. The van der Waals surface area contributed by atoms with Gasteiger partial charge < -0.3 is 19.7 Å². The fourth-order valence-corrected chi connectivity index (χ4v) is 3.50. The van der Waals surface area contributed by atoms with Crippen molar-refractivity contribution in [2.75, 3.05) is 18.2 Å². The first-order valence-corrected chi connectivity index (χ1v) is 9.84. The summed E-state index contributed by atoms with van der Waals surface area (Å²) >= 11 is 1.25. The molecule has 0 aliphatic heterocycles. The maximum Gasteiger partial charge on any atom is 0.339 e. The number of carbonyl (C=O) groups excluding carboxylic acids is 2. The highest BCUT2D eigenvalue weighted by molar-refractivity contribution is 7.99. The van der Waals surface area contributed by atoms with Crippen LogP contribution >= 0.6 is 11.8 Å². The molecule has 0 radical (unpaired) electrons. The standard InChI is InChI=1S/C20H20N4O4S/c1-3-24-18(13-8-10-14(25)11-9-13)22-23-20(24)29-12-17(26)21-16-7-5-4-6-15(16)19(27)28-2/h4-11,25H,3,12H2,1-2H3,(H,21,26). The molecule has 0 fully saturated rings. The van der Waals surface area contributed by atoms with Gasteiger partial charge in [-0.15, -0.1) is 10.2 Å². The van der Waals surface area contributed by atoms with Crippen LogP contribution in [-0.2, 0) is 16.1 Å². The number of aromatic hydroxyl groups is 1. The minimum atomic E-state index is -0.516. The smallest absolute Gasteiger partial charge is 0.339 e. The molecular formula is C20H20N4O4S. The third-order valence-corrected chi connectivity index (χ3v) is 5.06. The zero-order chi connectivity index (χ0) is 20.8. The minimum absolute atomic E-state index is 0.100. The Morgan fingerprint density at radius 2 is 1.86 bits per heavy atom. The molecule has 2 N–H and O–H groups in total. The van der Waals surface area contributed by atoms with Crippen molar-refractivity contribution in [1.29, 1.82) is 0 Å². The van der Waals surface area contributed by atoms with Crippen LogP contribution < -0.4 is 5.32 Å². The summed E-state index contributed by atoms with van der Waals surface area (Å²) in [5.74, 6) is 0.144. The average molecular weight is 412 g/mol. The normalized spacial score (nSPS) is 10.6. The van der Waals surface area contributed by atoms with E-state index in [1.54, 1.807) is 48.5 Å². The number of methoxy groups -OCH3 is 1. The van der Waals surface area contributed by atoms with Crippen LogP contribution in [0.5, 0.6) is 5.75 Å². The lowest BCUT2D eigenvalue weighted by Gasteiger charge is -2.10. The Morgan fingerprint density at radius 3 is 2.55 bits per heavy atom. The summed E-state index contributed by atoms with van der Waals surface area (Å²) in [6, 6.07) is 13.4. The Kier molecular flexibility index (Phi) is 6.50. The molecule has 1 aromatic heterocycles. The van der Waals surface area contributed by atoms with Crippen molar-refractivity contribution >= 4 is 29.3 Å². The Morgan fingerprint density at radius 1 is 1.14 bits per heavy atom. The summed E-state index contributed by atoms with van der Waals surface area (Å²) in [6.45, 7) is 2.59. The first-order chi connectivity index (χ1) is 14.0. The van der Waals surface area contributed by atoms with E-state index in [4.69, 9.17) is 4.74 Å². The monoisotopic (exact) mass is 412 g/mol. The SMILES string of the molecule is CCn1c(SCC(=O)Nc2ccccc2C(=O)OC)nnc1-c1ccc(O)cc1.